The molecular weight excluding hydrogens is 328 g/mol. The zero-order valence-electron chi connectivity index (χ0n) is 13.4. The van der Waals surface area contributed by atoms with E-state index in [1.165, 1.54) is 15.8 Å². The third-order valence-corrected chi connectivity index (χ3v) is 5.95. The zero-order chi connectivity index (χ0) is 16.7. The van der Waals surface area contributed by atoms with Crippen molar-refractivity contribution in [3.8, 4) is 0 Å². The Morgan fingerprint density at radius 1 is 1.33 bits per heavy atom. The van der Waals surface area contributed by atoms with Gasteiger partial charge in [0.25, 0.3) is 0 Å². The fourth-order valence-electron chi connectivity index (χ4n) is 3.75. The minimum atomic E-state index is -0.817. The Bertz CT molecular complexity index is 748. The lowest BCUT2D eigenvalue weighted by Crippen LogP contribution is -2.36. The Hall–Kier alpha value is -1.72. The van der Waals surface area contributed by atoms with Crippen molar-refractivity contribution < 1.29 is 14.6 Å². The van der Waals surface area contributed by atoms with Crippen LogP contribution in [0.4, 0.5) is 4.79 Å². The lowest BCUT2D eigenvalue weighted by molar-refractivity contribution is -0.0337. The molecule has 1 aromatic carbocycles. The van der Waals surface area contributed by atoms with Gasteiger partial charge in [-0.3, -0.25) is 0 Å². The van der Waals surface area contributed by atoms with Crippen molar-refractivity contribution in [2.24, 2.45) is 5.92 Å². The number of carbonyl (C=O) groups is 1. The molecule has 2 aliphatic heterocycles. The number of amides is 1. The van der Waals surface area contributed by atoms with Gasteiger partial charge in [-0.15, -0.1) is 11.6 Å². The van der Waals surface area contributed by atoms with Gasteiger partial charge in [-0.2, -0.15) is 0 Å². The monoisotopic (exact) mass is 348 g/mol. The molecule has 2 aromatic rings. The predicted molar refractivity (Wildman–Crippen MR) is 92.8 cm³/mol. The molecule has 6 heteroatoms. The molecule has 2 fully saturated rings. The number of aromatic nitrogens is 1. The number of piperidine rings is 1. The lowest BCUT2D eigenvalue weighted by Gasteiger charge is -2.31. The van der Waals surface area contributed by atoms with E-state index in [-0.39, 0.29) is 5.38 Å². The van der Waals surface area contributed by atoms with Gasteiger partial charge in [-0.1, -0.05) is 6.07 Å². The quantitative estimate of drug-likeness (QED) is 0.825. The van der Waals surface area contributed by atoms with Crippen molar-refractivity contribution in [2.45, 2.75) is 24.1 Å². The van der Waals surface area contributed by atoms with Crippen molar-refractivity contribution in [1.29, 1.82) is 0 Å². The number of benzene rings is 1. The number of fused-ring (bicyclic) bond motifs is 1. The van der Waals surface area contributed by atoms with Gasteiger partial charge in [0.05, 0.1) is 18.6 Å². The van der Waals surface area contributed by atoms with Crippen LogP contribution in [-0.4, -0.2) is 47.4 Å². The first-order valence-electron chi connectivity index (χ1n) is 8.44. The van der Waals surface area contributed by atoms with Gasteiger partial charge >= 0.3 is 6.09 Å². The van der Waals surface area contributed by atoms with Crippen molar-refractivity contribution >= 4 is 28.6 Å². The Kier molecular flexibility index (Phi) is 4.14. The molecule has 2 aliphatic rings. The minimum Gasteiger partial charge on any atom is -0.465 e. The molecule has 0 aliphatic carbocycles. The van der Waals surface area contributed by atoms with Gasteiger partial charge in [0.2, 0.25) is 0 Å². The number of nitrogens with zero attached hydrogens (tertiary/aromatic N) is 1. The molecule has 1 aromatic heterocycles. The molecule has 2 saturated heterocycles. The zero-order valence-corrected chi connectivity index (χ0v) is 14.1. The maximum absolute atomic E-state index is 11.1. The van der Waals surface area contributed by atoms with E-state index in [2.05, 4.69) is 29.4 Å². The van der Waals surface area contributed by atoms with E-state index in [4.69, 9.17) is 21.4 Å². The molecule has 0 unspecified atom stereocenters. The molecule has 128 valence electrons. The number of alkyl halides is 1. The minimum absolute atomic E-state index is 0.0141. The summed E-state index contributed by atoms with van der Waals surface area (Å²) in [5, 5.41) is 10.3. The van der Waals surface area contributed by atoms with Crippen LogP contribution in [0.5, 0.6) is 0 Å². The Balaban J connectivity index is 1.58. The first-order valence-corrected chi connectivity index (χ1v) is 8.87. The second-order valence-corrected chi connectivity index (χ2v) is 7.26. The number of carboxylic acid groups (broad SMARTS) is 1. The highest BCUT2D eigenvalue weighted by Gasteiger charge is 2.29. The van der Waals surface area contributed by atoms with Gasteiger partial charge < -0.3 is 19.7 Å². The lowest BCUT2D eigenvalue weighted by atomic mass is 9.88. The number of rotatable bonds is 3. The van der Waals surface area contributed by atoms with Crippen LogP contribution in [-0.2, 0) is 4.74 Å². The number of hydrogen-bond acceptors (Lipinski definition) is 2. The maximum atomic E-state index is 11.1. The number of ether oxygens (including phenoxy) is 1. The topological polar surface area (TPSA) is 65.6 Å². The van der Waals surface area contributed by atoms with Crippen LogP contribution in [0.25, 0.3) is 10.9 Å². The van der Waals surface area contributed by atoms with E-state index in [9.17, 15) is 4.79 Å². The Morgan fingerprint density at radius 2 is 2.08 bits per heavy atom. The summed E-state index contributed by atoms with van der Waals surface area (Å²) in [7, 11) is 0. The largest absolute Gasteiger partial charge is 0.465 e. The average molecular weight is 349 g/mol. The van der Waals surface area contributed by atoms with E-state index < -0.39 is 6.09 Å². The number of aromatic amines is 1. The summed E-state index contributed by atoms with van der Waals surface area (Å²) in [4.78, 5) is 15.9. The molecule has 24 heavy (non-hydrogen) atoms. The highest BCUT2D eigenvalue weighted by Crippen LogP contribution is 2.38. The van der Waals surface area contributed by atoms with Crippen LogP contribution in [0.2, 0.25) is 0 Å². The van der Waals surface area contributed by atoms with Crippen molar-refractivity contribution in [3.63, 3.8) is 0 Å². The summed E-state index contributed by atoms with van der Waals surface area (Å²) >= 11 is 6.61. The fourth-order valence-corrected chi connectivity index (χ4v) is 4.03. The predicted octanol–water partition coefficient (Wildman–Crippen LogP) is 3.95. The average Bonchev–Trinajstić information content (AvgIpc) is 2.96. The third-order valence-electron chi connectivity index (χ3n) is 5.34. The maximum Gasteiger partial charge on any atom is 0.407 e. The summed E-state index contributed by atoms with van der Waals surface area (Å²) in [5.41, 5.74) is 3.54. The molecule has 0 saturated carbocycles. The second-order valence-electron chi connectivity index (χ2n) is 6.79. The van der Waals surface area contributed by atoms with Crippen LogP contribution in [0, 0.1) is 5.92 Å². The molecule has 0 spiro atoms. The van der Waals surface area contributed by atoms with Gasteiger partial charge in [0, 0.05) is 36.1 Å². The van der Waals surface area contributed by atoms with Crippen molar-refractivity contribution in [3.05, 3.63) is 35.5 Å². The number of halogens is 1. The van der Waals surface area contributed by atoms with Gasteiger partial charge in [0.15, 0.2) is 0 Å². The highest BCUT2D eigenvalue weighted by molar-refractivity contribution is 6.21. The van der Waals surface area contributed by atoms with Crippen LogP contribution in [0.15, 0.2) is 24.4 Å². The summed E-state index contributed by atoms with van der Waals surface area (Å²) in [6, 6.07) is 6.38. The molecule has 3 heterocycles. The van der Waals surface area contributed by atoms with E-state index in [1.807, 2.05) is 0 Å². The standard InChI is InChI=1S/C18H21ClN2O3/c19-17(13-9-24-10-13)12-1-2-16-14(7-12)15(8-20-16)11-3-5-21(6-4-11)18(22)23/h1-2,7-8,11,13,17,20H,3-6,9-10H2,(H,22,23)/t17-/m1/s1. The molecule has 2 N–H and O–H groups in total. The summed E-state index contributed by atoms with van der Waals surface area (Å²) in [6.45, 7) is 2.67. The molecule has 0 bridgehead atoms. The summed E-state index contributed by atoms with van der Waals surface area (Å²) in [5.74, 6) is 0.788. The fraction of sp³-hybridized carbons (Fsp3) is 0.500. The van der Waals surface area contributed by atoms with E-state index in [0.717, 1.165) is 37.1 Å². The second kappa shape index (κ2) is 6.30. The number of nitrogens with one attached hydrogen (secondary N) is 1. The number of hydrogen-bond donors (Lipinski definition) is 2. The normalized spacial score (nSPS) is 21.0. The van der Waals surface area contributed by atoms with E-state index in [1.54, 1.807) is 0 Å². The van der Waals surface area contributed by atoms with Crippen LogP contribution < -0.4 is 0 Å². The van der Waals surface area contributed by atoms with Gasteiger partial charge in [-0.25, -0.2) is 4.79 Å². The Labute approximate surface area is 145 Å². The van der Waals surface area contributed by atoms with Gasteiger partial charge in [-0.05, 0) is 42.0 Å². The molecule has 1 amide bonds. The third kappa shape index (κ3) is 2.76. The van der Waals surface area contributed by atoms with Gasteiger partial charge in [0.1, 0.15) is 0 Å². The van der Waals surface area contributed by atoms with E-state index >= 15 is 0 Å². The first kappa shape index (κ1) is 15.8. The van der Waals surface area contributed by atoms with E-state index in [0.29, 0.717) is 24.9 Å². The van der Waals surface area contributed by atoms with Crippen molar-refractivity contribution in [2.75, 3.05) is 26.3 Å². The first-order chi connectivity index (χ1) is 11.6. The Morgan fingerprint density at radius 3 is 2.71 bits per heavy atom. The van der Waals surface area contributed by atoms with Crippen molar-refractivity contribution in [1.82, 2.24) is 9.88 Å². The number of H-pyrrole nitrogens is 1. The van der Waals surface area contributed by atoms with Crippen LogP contribution in [0.3, 0.4) is 0 Å². The molecule has 4 rings (SSSR count). The molecule has 1 atom stereocenters. The van der Waals surface area contributed by atoms with Crippen LogP contribution >= 0.6 is 11.6 Å². The smallest absolute Gasteiger partial charge is 0.407 e. The highest BCUT2D eigenvalue weighted by atomic mass is 35.5. The molecular formula is C18H21ClN2O3. The van der Waals surface area contributed by atoms with Crippen LogP contribution in [0.1, 0.15) is 35.3 Å². The summed E-state index contributed by atoms with van der Waals surface area (Å²) in [6.07, 6.45) is 2.99. The summed E-state index contributed by atoms with van der Waals surface area (Å²) < 4.78 is 5.26. The molecule has 5 nitrogen and oxygen atoms in total. The number of likely N-dealkylation sites (tertiary alicyclic amines) is 1. The SMILES string of the molecule is O=C(O)N1CCC(c2c[nH]c3ccc([C@@H](Cl)C4COC4)cc23)CC1. The molecule has 0 radical (unpaired) electrons.